The summed E-state index contributed by atoms with van der Waals surface area (Å²) >= 11 is 0. The highest BCUT2D eigenvalue weighted by Crippen LogP contribution is 2.26. The number of hydrogen-bond acceptors (Lipinski definition) is 2. The average Bonchev–Trinajstić information content (AvgIpc) is 2.26. The predicted octanol–water partition coefficient (Wildman–Crippen LogP) is 1.98. The molecule has 0 aliphatic carbocycles. The monoisotopic (exact) mass is 197 g/mol. The van der Waals surface area contributed by atoms with Crippen LogP contribution in [0, 0.1) is 0 Å². The number of carbonyl (C=O) groups is 1. The second-order valence-electron chi connectivity index (χ2n) is 3.92. The zero-order chi connectivity index (χ0) is 10.3. The fourth-order valence-electron chi connectivity index (χ4n) is 2.09. The third-order valence-electron chi connectivity index (χ3n) is 2.87. The Balaban J connectivity index is 2.09. The fraction of sp³-hybridized carbons (Fsp3) is 0.154. The van der Waals surface area contributed by atoms with Crippen molar-refractivity contribution >= 4 is 11.9 Å². The summed E-state index contributed by atoms with van der Waals surface area (Å²) in [7, 11) is 0. The van der Waals surface area contributed by atoms with E-state index < -0.39 is 0 Å². The summed E-state index contributed by atoms with van der Waals surface area (Å²) in [6.45, 7) is 1.36. The zero-order valence-corrected chi connectivity index (χ0v) is 8.31. The number of hydrogen-bond donors (Lipinski definition) is 0. The standard InChI is InChI=1S/C13H11NO/c15-13-6-5-12-7-10-3-1-2-4-11(10)8-14(12)9-13/h1-7H,8-9H2. The van der Waals surface area contributed by atoms with Crippen molar-refractivity contribution in [1.82, 2.24) is 4.90 Å². The Morgan fingerprint density at radius 3 is 2.87 bits per heavy atom. The van der Waals surface area contributed by atoms with Crippen LogP contribution in [0.5, 0.6) is 0 Å². The molecule has 0 saturated carbocycles. The Bertz CT molecular complexity index is 485. The van der Waals surface area contributed by atoms with Gasteiger partial charge in [-0.05, 0) is 29.4 Å². The van der Waals surface area contributed by atoms with Crippen LogP contribution in [0.25, 0.3) is 6.08 Å². The van der Waals surface area contributed by atoms with Crippen LogP contribution in [-0.4, -0.2) is 17.2 Å². The topological polar surface area (TPSA) is 20.3 Å². The molecule has 0 spiro atoms. The summed E-state index contributed by atoms with van der Waals surface area (Å²) in [6, 6.07) is 8.32. The molecular formula is C13H11NO. The maximum absolute atomic E-state index is 11.3. The lowest BCUT2D eigenvalue weighted by molar-refractivity contribution is -0.115. The lowest BCUT2D eigenvalue weighted by Gasteiger charge is -2.31. The molecule has 2 heteroatoms. The minimum absolute atomic E-state index is 0.187. The highest BCUT2D eigenvalue weighted by Gasteiger charge is 2.20. The van der Waals surface area contributed by atoms with Crippen molar-refractivity contribution in [3.63, 3.8) is 0 Å². The van der Waals surface area contributed by atoms with Gasteiger partial charge in [-0.3, -0.25) is 4.79 Å². The van der Waals surface area contributed by atoms with E-state index in [1.165, 1.54) is 11.1 Å². The van der Waals surface area contributed by atoms with Gasteiger partial charge in [-0.2, -0.15) is 0 Å². The molecule has 0 saturated heterocycles. The fourth-order valence-corrected chi connectivity index (χ4v) is 2.09. The highest BCUT2D eigenvalue weighted by atomic mass is 16.1. The Morgan fingerprint density at radius 2 is 1.93 bits per heavy atom. The molecule has 2 aliphatic heterocycles. The van der Waals surface area contributed by atoms with E-state index in [0.717, 1.165) is 12.2 Å². The molecule has 1 aromatic rings. The number of rotatable bonds is 0. The van der Waals surface area contributed by atoms with E-state index in [1.807, 2.05) is 18.2 Å². The van der Waals surface area contributed by atoms with E-state index >= 15 is 0 Å². The highest BCUT2D eigenvalue weighted by molar-refractivity contribution is 5.93. The number of ketones is 1. The van der Waals surface area contributed by atoms with Gasteiger partial charge in [0, 0.05) is 12.2 Å². The van der Waals surface area contributed by atoms with E-state index in [0.29, 0.717) is 6.54 Å². The second-order valence-corrected chi connectivity index (χ2v) is 3.92. The Kier molecular flexibility index (Phi) is 1.75. The molecule has 2 nitrogen and oxygen atoms in total. The minimum Gasteiger partial charge on any atom is -0.359 e. The quantitative estimate of drug-likeness (QED) is 0.634. The number of allylic oxidation sites excluding steroid dienone is 1. The third kappa shape index (κ3) is 1.38. The summed E-state index contributed by atoms with van der Waals surface area (Å²) in [6.07, 6.45) is 5.71. The Hall–Kier alpha value is -1.83. The van der Waals surface area contributed by atoms with Crippen molar-refractivity contribution in [3.05, 3.63) is 53.2 Å². The van der Waals surface area contributed by atoms with E-state index in [4.69, 9.17) is 0 Å². The molecule has 0 aromatic heterocycles. The van der Waals surface area contributed by atoms with E-state index in [9.17, 15) is 4.79 Å². The molecule has 0 radical (unpaired) electrons. The molecule has 0 N–H and O–H groups in total. The predicted molar refractivity (Wildman–Crippen MR) is 59.0 cm³/mol. The van der Waals surface area contributed by atoms with Gasteiger partial charge in [0.2, 0.25) is 0 Å². The molecule has 0 fully saturated rings. The maximum Gasteiger partial charge on any atom is 0.174 e. The zero-order valence-electron chi connectivity index (χ0n) is 8.31. The van der Waals surface area contributed by atoms with E-state index in [1.54, 1.807) is 6.08 Å². The number of fused-ring (bicyclic) bond motifs is 2. The van der Waals surface area contributed by atoms with Crippen molar-refractivity contribution in [2.24, 2.45) is 0 Å². The van der Waals surface area contributed by atoms with Crippen LogP contribution in [0.3, 0.4) is 0 Å². The van der Waals surface area contributed by atoms with Gasteiger partial charge in [0.05, 0.1) is 6.54 Å². The van der Waals surface area contributed by atoms with Gasteiger partial charge in [0.15, 0.2) is 5.78 Å². The minimum atomic E-state index is 0.187. The smallest absolute Gasteiger partial charge is 0.174 e. The second kappa shape index (κ2) is 3.09. The first-order valence-corrected chi connectivity index (χ1v) is 5.08. The van der Waals surface area contributed by atoms with E-state index in [-0.39, 0.29) is 5.78 Å². The molecule has 2 aliphatic rings. The molecule has 15 heavy (non-hydrogen) atoms. The van der Waals surface area contributed by atoms with Gasteiger partial charge in [-0.15, -0.1) is 0 Å². The van der Waals surface area contributed by atoms with Crippen LogP contribution in [-0.2, 0) is 11.3 Å². The lowest BCUT2D eigenvalue weighted by Crippen LogP contribution is -2.32. The molecule has 0 amide bonds. The van der Waals surface area contributed by atoms with Gasteiger partial charge < -0.3 is 4.90 Å². The van der Waals surface area contributed by atoms with Gasteiger partial charge >= 0.3 is 0 Å². The van der Waals surface area contributed by atoms with Crippen molar-refractivity contribution in [1.29, 1.82) is 0 Å². The molecule has 1 aromatic carbocycles. The maximum atomic E-state index is 11.3. The molecule has 0 bridgehead atoms. The Morgan fingerprint density at radius 1 is 1.07 bits per heavy atom. The molecule has 3 rings (SSSR count). The average molecular weight is 197 g/mol. The molecule has 0 atom stereocenters. The van der Waals surface area contributed by atoms with Crippen LogP contribution in [0.1, 0.15) is 11.1 Å². The first-order valence-electron chi connectivity index (χ1n) is 5.08. The molecule has 74 valence electrons. The Labute approximate surface area is 88.5 Å². The van der Waals surface area contributed by atoms with Gasteiger partial charge in [0.25, 0.3) is 0 Å². The number of nitrogens with zero attached hydrogens (tertiary/aromatic N) is 1. The largest absolute Gasteiger partial charge is 0.359 e. The van der Waals surface area contributed by atoms with Crippen molar-refractivity contribution in [2.75, 3.05) is 6.54 Å². The summed E-state index contributed by atoms with van der Waals surface area (Å²) in [5.41, 5.74) is 3.71. The van der Waals surface area contributed by atoms with Crippen LogP contribution in [0.2, 0.25) is 0 Å². The summed E-state index contributed by atoms with van der Waals surface area (Å²) in [5.74, 6) is 0.187. The third-order valence-corrected chi connectivity index (χ3v) is 2.87. The van der Waals surface area contributed by atoms with Crippen molar-refractivity contribution in [3.8, 4) is 0 Å². The summed E-state index contributed by atoms with van der Waals surface area (Å²) in [4.78, 5) is 13.4. The van der Waals surface area contributed by atoms with Crippen molar-refractivity contribution < 1.29 is 4.79 Å². The van der Waals surface area contributed by atoms with Crippen LogP contribution < -0.4 is 0 Å². The number of carbonyl (C=O) groups excluding carboxylic acids is 1. The SMILES string of the molecule is O=C1C=CC2=Cc3ccccc3CN2C1. The van der Waals surface area contributed by atoms with Gasteiger partial charge in [-0.1, -0.05) is 24.3 Å². The van der Waals surface area contributed by atoms with Gasteiger partial charge in [-0.25, -0.2) is 0 Å². The van der Waals surface area contributed by atoms with Crippen LogP contribution >= 0.6 is 0 Å². The number of benzene rings is 1. The lowest BCUT2D eigenvalue weighted by atomic mass is 9.99. The van der Waals surface area contributed by atoms with Crippen molar-refractivity contribution in [2.45, 2.75) is 6.54 Å². The van der Waals surface area contributed by atoms with Crippen LogP contribution in [0.4, 0.5) is 0 Å². The molecule has 0 unspecified atom stereocenters. The first kappa shape index (κ1) is 8.48. The normalized spacial score (nSPS) is 18.3. The summed E-state index contributed by atoms with van der Waals surface area (Å²) < 4.78 is 0. The van der Waals surface area contributed by atoms with Gasteiger partial charge in [0.1, 0.15) is 0 Å². The molecule has 2 heterocycles. The first-order chi connectivity index (χ1) is 7.33. The van der Waals surface area contributed by atoms with E-state index in [2.05, 4.69) is 23.1 Å². The summed E-state index contributed by atoms with van der Waals surface area (Å²) in [5, 5.41) is 0. The van der Waals surface area contributed by atoms with Crippen LogP contribution in [0.15, 0.2) is 42.1 Å². The molecular weight excluding hydrogens is 186 g/mol.